The van der Waals surface area contributed by atoms with E-state index in [9.17, 15) is 4.39 Å². The van der Waals surface area contributed by atoms with Gasteiger partial charge in [0, 0.05) is 18.3 Å². The van der Waals surface area contributed by atoms with Crippen molar-refractivity contribution < 1.29 is 4.39 Å². The van der Waals surface area contributed by atoms with E-state index in [0.717, 1.165) is 25.1 Å². The summed E-state index contributed by atoms with van der Waals surface area (Å²) >= 11 is 0. The molecule has 3 rings (SSSR count). The smallest absolute Gasteiger partial charge is 0.123 e. The molecular formula is C18H17FN2. The Morgan fingerprint density at radius 1 is 1.10 bits per heavy atom. The quantitative estimate of drug-likeness (QED) is 0.852. The highest BCUT2D eigenvalue weighted by Crippen LogP contribution is 2.27. The summed E-state index contributed by atoms with van der Waals surface area (Å²) in [7, 11) is 0. The normalized spacial score (nSPS) is 17.7. The summed E-state index contributed by atoms with van der Waals surface area (Å²) in [4.78, 5) is 2.36. The van der Waals surface area contributed by atoms with E-state index < -0.39 is 0 Å². The summed E-state index contributed by atoms with van der Waals surface area (Å²) in [5.74, 6) is -0.193. The second-order valence-electron chi connectivity index (χ2n) is 5.48. The van der Waals surface area contributed by atoms with Gasteiger partial charge in [-0.05, 0) is 61.2 Å². The van der Waals surface area contributed by atoms with Crippen LogP contribution in [0.2, 0.25) is 0 Å². The highest BCUT2D eigenvalue weighted by atomic mass is 19.1. The van der Waals surface area contributed by atoms with Crippen LogP contribution in [0.3, 0.4) is 0 Å². The minimum Gasteiger partial charge on any atom is -0.368 e. The van der Waals surface area contributed by atoms with Crippen molar-refractivity contribution in [2.75, 3.05) is 11.4 Å². The van der Waals surface area contributed by atoms with Crippen LogP contribution < -0.4 is 4.90 Å². The zero-order valence-corrected chi connectivity index (χ0v) is 11.8. The molecule has 0 aliphatic carbocycles. The highest BCUT2D eigenvalue weighted by molar-refractivity contribution is 5.48. The topological polar surface area (TPSA) is 27.0 Å². The Balaban J connectivity index is 1.74. The van der Waals surface area contributed by atoms with Crippen LogP contribution in [-0.2, 0) is 6.42 Å². The summed E-state index contributed by atoms with van der Waals surface area (Å²) in [5, 5.41) is 8.84. The van der Waals surface area contributed by atoms with Crippen LogP contribution >= 0.6 is 0 Å². The number of benzene rings is 2. The molecule has 3 heteroatoms. The maximum atomic E-state index is 13.0. The van der Waals surface area contributed by atoms with E-state index in [4.69, 9.17) is 5.26 Å². The molecule has 0 aromatic heterocycles. The average Bonchev–Trinajstić information content (AvgIpc) is 2.97. The maximum absolute atomic E-state index is 13.0. The fourth-order valence-electron chi connectivity index (χ4n) is 3.01. The number of nitrogens with zero attached hydrogens (tertiary/aromatic N) is 2. The molecule has 0 saturated carbocycles. The number of anilines is 1. The summed E-state index contributed by atoms with van der Waals surface area (Å²) in [5.41, 5.74) is 3.03. The van der Waals surface area contributed by atoms with Crippen LogP contribution in [0, 0.1) is 17.1 Å². The molecule has 0 radical (unpaired) electrons. The Labute approximate surface area is 124 Å². The van der Waals surface area contributed by atoms with Gasteiger partial charge in [0.25, 0.3) is 0 Å². The third-order valence-corrected chi connectivity index (χ3v) is 4.09. The van der Waals surface area contributed by atoms with E-state index >= 15 is 0 Å². The van der Waals surface area contributed by atoms with Crippen LogP contribution in [0.5, 0.6) is 0 Å². The Hall–Kier alpha value is -2.34. The minimum absolute atomic E-state index is 0.193. The highest BCUT2D eigenvalue weighted by Gasteiger charge is 2.24. The molecule has 1 aliphatic rings. The molecule has 0 amide bonds. The number of hydrogen-bond acceptors (Lipinski definition) is 2. The molecule has 21 heavy (non-hydrogen) atoms. The number of halogens is 1. The largest absolute Gasteiger partial charge is 0.368 e. The van der Waals surface area contributed by atoms with E-state index in [1.54, 1.807) is 0 Å². The van der Waals surface area contributed by atoms with E-state index in [0.29, 0.717) is 11.6 Å². The molecule has 2 aromatic rings. The van der Waals surface area contributed by atoms with E-state index in [1.165, 1.54) is 24.1 Å². The van der Waals surface area contributed by atoms with Crippen molar-refractivity contribution in [1.29, 1.82) is 5.26 Å². The van der Waals surface area contributed by atoms with Gasteiger partial charge in [-0.25, -0.2) is 4.39 Å². The lowest BCUT2D eigenvalue weighted by molar-refractivity contribution is 0.625. The number of nitriles is 1. The van der Waals surface area contributed by atoms with Gasteiger partial charge in [0.2, 0.25) is 0 Å². The number of hydrogen-bond donors (Lipinski definition) is 0. The lowest BCUT2D eigenvalue weighted by Gasteiger charge is -2.27. The molecule has 2 aromatic carbocycles. The van der Waals surface area contributed by atoms with Gasteiger partial charge in [0.05, 0.1) is 11.6 Å². The van der Waals surface area contributed by atoms with Gasteiger partial charge < -0.3 is 4.90 Å². The summed E-state index contributed by atoms with van der Waals surface area (Å²) in [6.07, 6.45) is 3.28. The predicted molar refractivity (Wildman–Crippen MR) is 81.6 cm³/mol. The summed E-state index contributed by atoms with van der Waals surface area (Å²) in [6, 6.07) is 17.1. The summed E-state index contributed by atoms with van der Waals surface area (Å²) < 4.78 is 13.0. The van der Waals surface area contributed by atoms with Gasteiger partial charge in [-0.2, -0.15) is 5.26 Å². The molecule has 0 bridgehead atoms. The van der Waals surface area contributed by atoms with Crippen molar-refractivity contribution in [2.24, 2.45) is 0 Å². The van der Waals surface area contributed by atoms with E-state index in [-0.39, 0.29) is 5.82 Å². The third-order valence-electron chi connectivity index (χ3n) is 4.09. The molecule has 1 heterocycles. The van der Waals surface area contributed by atoms with E-state index in [2.05, 4.69) is 11.0 Å². The summed E-state index contributed by atoms with van der Waals surface area (Å²) in [6.45, 7) is 1.02. The fraction of sp³-hybridized carbons (Fsp3) is 0.278. The van der Waals surface area contributed by atoms with Gasteiger partial charge in [-0.3, -0.25) is 0 Å². The van der Waals surface area contributed by atoms with Crippen LogP contribution in [0.4, 0.5) is 10.1 Å². The molecule has 0 spiro atoms. The predicted octanol–water partition coefficient (Wildman–Crippen LogP) is 3.91. The van der Waals surface area contributed by atoms with Gasteiger partial charge >= 0.3 is 0 Å². The van der Waals surface area contributed by atoms with Gasteiger partial charge in [0.1, 0.15) is 5.82 Å². The van der Waals surface area contributed by atoms with Crippen molar-refractivity contribution in [1.82, 2.24) is 0 Å². The Bertz CT molecular complexity index is 640. The van der Waals surface area contributed by atoms with Gasteiger partial charge in [-0.1, -0.05) is 12.1 Å². The van der Waals surface area contributed by atoms with Crippen molar-refractivity contribution in [3.05, 3.63) is 65.5 Å². The van der Waals surface area contributed by atoms with Gasteiger partial charge in [0.15, 0.2) is 0 Å². The number of rotatable bonds is 3. The van der Waals surface area contributed by atoms with Crippen LogP contribution in [0.25, 0.3) is 0 Å². The zero-order valence-electron chi connectivity index (χ0n) is 11.8. The maximum Gasteiger partial charge on any atom is 0.123 e. The minimum atomic E-state index is -0.193. The molecule has 1 saturated heterocycles. The SMILES string of the molecule is N#Cc1ccc(CC2CCCN2c2ccc(F)cc2)cc1. The molecule has 1 fully saturated rings. The Morgan fingerprint density at radius 3 is 2.48 bits per heavy atom. The second-order valence-corrected chi connectivity index (χ2v) is 5.48. The second kappa shape index (κ2) is 5.97. The zero-order chi connectivity index (χ0) is 14.7. The van der Waals surface area contributed by atoms with E-state index in [1.807, 2.05) is 36.4 Å². The standard InChI is InChI=1S/C18H17FN2/c19-16-7-9-17(10-8-16)21-11-1-2-18(21)12-14-3-5-15(13-20)6-4-14/h3-10,18H,1-2,11-12H2. The molecule has 1 atom stereocenters. The molecule has 1 aliphatic heterocycles. The van der Waals surface area contributed by atoms with Crippen molar-refractivity contribution in [2.45, 2.75) is 25.3 Å². The molecule has 2 nitrogen and oxygen atoms in total. The third kappa shape index (κ3) is 3.05. The van der Waals surface area contributed by atoms with Gasteiger partial charge in [-0.15, -0.1) is 0 Å². The van der Waals surface area contributed by atoms with Crippen molar-refractivity contribution in [3.8, 4) is 6.07 Å². The van der Waals surface area contributed by atoms with Crippen LogP contribution in [0.1, 0.15) is 24.0 Å². The molecule has 0 N–H and O–H groups in total. The Morgan fingerprint density at radius 2 is 1.81 bits per heavy atom. The molecule has 106 valence electrons. The van der Waals surface area contributed by atoms with Crippen LogP contribution in [-0.4, -0.2) is 12.6 Å². The first kappa shape index (κ1) is 13.6. The molecular weight excluding hydrogens is 263 g/mol. The lowest BCUT2D eigenvalue weighted by atomic mass is 10.0. The van der Waals surface area contributed by atoms with Crippen LogP contribution in [0.15, 0.2) is 48.5 Å². The first-order valence-electron chi connectivity index (χ1n) is 7.27. The first-order valence-corrected chi connectivity index (χ1v) is 7.27. The molecule has 1 unspecified atom stereocenters. The Kier molecular flexibility index (Phi) is 3.87. The average molecular weight is 280 g/mol. The van der Waals surface area contributed by atoms with Crippen molar-refractivity contribution in [3.63, 3.8) is 0 Å². The van der Waals surface area contributed by atoms with Crippen molar-refractivity contribution >= 4 is 5.69 Å². The fourth-order valence-corrected chi connectivity index (χ4v) is 3.01. The first-order chi connectivity index (χ1) is 10.3. The monoisotopic (exact) mass is 280 g/mol. The lowest BCUT2D eigenvalue weighted by Crippen LogP contribution is -2.30.